The summed E-state index contributed by atoms with van der Waals surface area (Å²) < 4.78 is 522. The third kappa shape index (κ3) is 28.6. The molecule has 0 aliphatic carbocycles. The molecular formula is C97H43F28K3O17S3. The molecule has 0 spiro atoms. The van der Waals surface area contributed by atoms with Gasteiger partial charge in [0.15, 0.2) is 105 Å². The maximum atomic E-state index is 15.3. The largest absolute Gasteiger partial charge is 1.00 e. The van der Waals surface area contributed by atoms with Crippen LogP contribution in [0.5, 0.6) is 74.7 Å². The zero-order valence-electron chi connectivity index (χ0n) is 74.3. The monoisotopic (exact) mass is 2220 g/mol. The first-order valence-electron chi connectivity index (χ1n) is 38.1. The van der Waals surface area contributed by atoms with Crippen LogP contribution in [0.3, 0.4) is 0 Å². The minimum absolute atomic E-state index is 0. The molecule has 14 aromatic carbocycles. The van der Waals surface area contributed by atoms with E-state index in [-0.39, 0.29) is 200 Å². The van der Waals surface area contributed by atoms with Crippen LogP contribution in [0.15, 0.2) is 172 Å². The molecule has 0 unspecified atom stereocenters. The second-order valence-electron chi connectivity index (χ2n) is 28.3. The molecule has 750 valence electrons. The summed E-state index contributed by atoms with van der Waals surface area (Å²) in [6.45, 7) is 3.92. The number of hydrogen-bond donors (Lipinski definition) is 3. The molecule has 0 aliphatic heterocycles. The summed E-state index contributed by atoms with van der Waals surface area (Å²) in [4.78, 5) is -3.44. The summed E-state index contributed by atoms with van der Waals surface area (Å²) in [5.41, 5.74) is -11.5. The first kappa shape index (κ1) is 125. The first-order chi connectivity index (χ1) is 67.7. The van der Waals surface area contributed by atoms with Gasteiger partial charge in [0.25, 0.3) is 0 Å². The molecular weight excluding hydrogens is 2180 g/mol. The number of hydrogen-bond acceptors (Lipinski definition) is 17. The summed E-state index contributed by atoms with van der Waals surface area (Å²) in [6.07, 6.45) is 25.9. The van der Waals surface area contributed by atoms with Crippen LogP contribution in [0.1, 0.15) is 44.5 Å². The molecule has 0 fully saturated rings. The minimum Gasteiger partial charge on any atom is -0.744 e. The Kier molecular flexibility index (Phi) is 43.7. The van der Waals surface area contributed by atoms with Gasteiger partial charge in [0, 0.05) is 52.1 Å². The van der Waals surface area contributed by atoms with Crippen molar-refractivity contribution in [2.75, 3.05) is 0 Å². The molecule has 0 atom stereocenters. The van der Waals surface area contributed by atoms with E-state index in [1.165, 1.54) is 42.5 Å². The molecule has 0 saturated heterocycles. The summed E-state index contributed by atoms with van der Waals surface area (Å²) in [7, 11) is -15.8. The van der Waals surface area contributed by atoms with Crippen LogP contribution in [0, 0.1) is 245 Å². The number of rotatable bonds is 16. The van der Waals surface area contributed by atoms with Crippen molar-refractivity contribution < 1.29 is 355 Å². The van der Waals surface area contributed by atoms with E-state index < -0.39 is 287 Å². The van der Waals surface area contributed by atoms with Crippen molar-refractivity contribution in [1.29, 1.82) is 0 Å². The summed E-state index contributed by atoms with van der Waals surface area (Å²) >= 11 is 0. The number of phenols is 3. The average Bonchev–Trinajstić information content (AvgIpc) is 0.775. The van der Waals surface area contributed by atoms with Crippen molar-refractivity contribution in [3.63, 3.8) is 0 Å². The average molecular weight is 2230 g/mol. The van der Waals surface area contributed by atoms with Crippen molar-refractivity contribution in [3.05, 3.63) is 365 Å². The zero-order valence-corrected chi connectivity index (χ0v) is 86.1. The number of halogens is 28. The number of terminal acetylenes is 5. The van der Waals surface area contributed by atoms with Crippen LogP contribution < -0.4 is 178 Å². The van der Waals surface area contributed by atoms with Crippen molar-refractivity contribution in [2.24, 2.45) is 0 Å². The summed E-state index contributed by atoms with van der Waals surface area (Å²) in [5.74, 6) is -65.4. The van der Waals surface area contributed by atoms with E-state index in [1.54, 1.807) is 50.2 Å². The zero-order chi connectivity index (χ0) is 108. The molecule has 0 aromatic heterocycles. The third-order valence-electron chi connectivity index (χ3n) is 18.6. The van der Waals surface area contributed by atoms with Crippen LogP contribution >= 0.6 is 0 Å². The molecule has 14 rings (SSSR count). The summed E-state index contributed by atoms with van der Waals surface area (Å²) in [6, 6.07) is 30.5. The predicted octanol–water partition coefficient (Wildman–Crippen LogP) is 15.6. The van der Waals surface area contributed by atoms with Gasteiger partial charge in [-0.2, -0.15) is 26.3 Å². The van der Waals surface area contributed by atoms with Gasteiger partial charge in [-0.05, 0) is 153 Å². The summed E-state index contributed by atoms with van der Waals surface area (Å²) in [5, 5.41) is 26.5. The Morgan fingerprint density at radius 2 is 0.547 bits per heavy atom. The Morgan fingerprint density at radius 1 is 0.257 bits per heavy atom. The smallest absolute Gasteiger partial charge is 0.744 e. The maximum absolute atomic E-state index is 15.3. The van der Waals surface area contributed by atoms with Gasteiger partial charge in [-0.15, -0.1) is 32.1 Å². The number of ether oxygens (including phenoxy) is 5. The number of benzene rings is 14. The number of aromatic hydroxyl groups is 3. The van der Waals surface area contributed by atoms with E-state index in [1.807, 2.05) is 0 Å². The molecule has 0 radical (unpaired) electrons. The van der Waals surface area contributed by atoms with E-state index in [4.69, 9.17) is 71.1 Å². The third-order valence-corrected chi connectivity index (χ3v) is 21.1. The van der Waals surface area contributed by atoms with Gasteiger partial charge in [0.05, 0.1) is 43.8 Å². The molecule has 14 aromatic rings. The van der Waals surface area contributed by atoms with Gasteiger partial charge in [-0.25, -0.2) is 122 Å². The molecule has 0 bridgehead atoms. The van der Waals surface area contributed by atoms with Crippen molar-refractivity contribution in [1.82, 2.24) is 0 Å². The first-order valence-corrected chi connectivity index (χ1v) is 42.3. The molecule has 3 N–H and O–H groups in total. The number of phenolic OH excluding ortho intramolecular Hbond substituents is 3. The standard InChI is InChI=1S/C35H16F8O6S.C28H14F8O5S.C12F10.C8H4F2.C8H6O.C6H6O5S.3K/c1-4-17-7-6-8-19(13-17)48-34-30(40)26(36)24(27(37)31(34)41)25-28(38)32(42)35(33(43)29(25)39)49-22-10-9-20(15-23(22)50(44,45)46)47-21-12-16(3)11-18(5-2)14-21;1-4-13-7-11(2)8-15(9-13)40-14-5-6-16(17(10-14)42(37,38)39)41-28-26(35)24(33)19(25(34)27(28)36)18-22(31)20(29)12(3)21(30)23(18)32;13-3-1(4(14)8(18)11(21)7(3)17)2-5(15)9(19)12(22)10(20)6(2)16;1-2-6-3-4-7(9)5-8(6)10;1-2-7-4-3-5-8(9)6-7;7-4-1-2-5(8)6(3-4)12(9,10)11;;;/h1-2,6-15H,3H3,(H,44,45,46);1,5-10H,2-3H3,(H,37,38,39);;1,3-5H;1,3-6,9H;1-3,7-8H,(H,9,10,11);;;/q;;;;;;3*+1/p-3. The molecule has 0 heterocycles. The molecule has 0 aliphatic rings. The minimum atomic E-state index is -5.56. The van der Waals surface area contributed by atoms with Crippen molar-refractivity contribution in [2.45, 2.75) is 35.5 Å². The molecule has 17 nitrogen and oxygen atoms in total. The fraction of sp³-hybridized carbons (Fsp3) is 0.0309. The van der Waals surface area contributed by atoms with Gasteiger partial charge in [-0.1, -0.05) is 41.7 Å². The van der Waals surface area contributed by atoms with Crippen molar-refractivity contribution in [3.8, 4) is 170 Å². The Labute approximate surface area is 944 Å². The van der Waals surface area contributed by atoms with Gasteiger partial charge in [0.2, 0.25) is 63.8 Å². The van der Waals surface area contributed by atoms with Gasteiger partial charge in [0.1, 0.15) is 109 Å². The fourth-order valence-corrected chi connectivity index (χ4v) is 13.8. The predicted molar refractivity (Wildman–Crippen MR) is 449 cm³/mol. The van der Waals surface area contributed by atoms with E-state index in [0.29, 0.717) is 65.1 Å². The van der Waals surface area contributed by atoms with Crippen molar-refractivity contribution >= 4 is 30.4 Å². The Bertz CT molecular complexity index is 8000. The molecule has 51 heteroatoms. The molecule has 0 amide bonds. The topological polar surface area (TPSA) is 278 Å². The van der Waals surface area contributed by atoms with E-state index in [9.17, 15) is 136 Å². The second kappa shape index (κ2) is 51.9. The van der Waals surface area contributed by atoms with Gasteiger partial charge < -0.3 is 52.7 Å². The van der Waals surface area contributed by atoms with Crippen LogP contribution in [-0.2, 0) is 30.4 Å². The quantitative estimate of drug-likeness (QED) is 0.0154. The fourth-order valence-electron chi connectivity index (χ4n) is 12.0. The van der Waals surface area contributed by atoms with Crippen LogP contribution in [0.25, 0.3) is 33.4 Å². The van der Waals surface area contributed by atoms with Crippen LogP contribution in [0.4, 0.5) is 123 Å². The van der Waals surface area contributed by atoms with Gasteiger partial charge in [-0.3, -0.25) is 0 Å². The number of aryl methyl sites for hydroxylation is 2. The van der Waals surface area contributed by atoms with Crippen LogP contribution in [-0.4, -0.2) is 54.2 Å². The van der Waals surface area contributed by atoms with E-state index in [0.717, 1.165) is 48.5 Å². The normalized spacial score (nSPS) is 10.7. The second-order valence-corrected chi connectivity index (χ2v) is 32.3. The maximum Gasteiger partial charge on any atom is 1.00 e. The molecule has 148 heavy (non-hydrogen) atoms. The van der Waals surface area contributed by atoms with Gasteiger partial charge >= 0.3 is 154 Å². The Hall–Kier alpha value is -12.0. The SMILES string of the molecule is C#Cc1cc(C)cc(Oc2ccc(Oc3c(F)c(F)c(-c4c(F)c(F)c(C)c(F)c4F)c(F)c3F)c(S(=O)(=O)[O-])c2)c1.C#Cc1cc(C)cc(Oc2ccc(Oc3c(F)c(F)c(-c4c(F)c(F)c(Oc5cccc(C#C)c5)c(F)c4F)c(F)c3F)c(S(=O)(=O)[O-])c2)c1.C#Cc1ccc(F)cc1F.C#Cc1cccc(O)c1.Fc1c(F)c(F)c(-c2c(F)c(F)c(F)c(F)c2F)c(F)c1F.O=S(=O)([O-])c1cc(O)ccc1O.[K+].[K+].[K+]. The Morgan fingerprint density at radius 3 is 0.851 bits per heavy atom. The van der Waals surface area contributed by atoms with E-state index in [2.05, 4.69) is 29.6 Å². The Balaban J connectivity index is 0.000000302. The van der Waals surface area contributed by atoms with E-state index >= 15 is 26.3 Å². The van der Waals surface area contributed by atoms with Crippen LogP contribution in [0.2, 0.25) is 0 Å². The molecule has 0 saturated carbocycles.